The number of carbonyl (C=O) groups is 1. The molecule has 2 aliphatic heterocycles. The van der Waals surface area contributed by atoms with Gasteiger partial charge in [-0.05, 0) is 44.0 Å². The van der Waals surface area contributed by atoms with Gasteiger partial charge in [0.25, 0.3) is 5.91 Å². The number of nitrogens with zero attached hydrogens (tertiary/aromatic N) is 2. The Kier molecular flexibility index (Phi) is 6.97. The summed E-state index contributed by atoms with van der Waals surface area (Å²) >= 11 is 6.22. The van der Waals surface area contributed by atoms with E-state index >= 15 is 0 Å². The van der Waals surface area contributed by atoms with Crippen LogP contribution in [0.5, 0.6) is 0 Å². The number of benzene rings is 1. The molecule has 0 bridgehead atoms. The third-order valence-electron chi connectivity index (χ3n) is 4.87. The first-order valence-corrected chi connectivity index (χ1v) is 11.3. The average molecular weight is 416 g/mol. The van der Waals surface area contributed by atoms with E-state index in [9.17, 15) is 13.2 Å². The molecular formula is C18H26ClN3O4S. The third kappa shape index (κ3) is 5.34. The first-order chi connectivity index (χ1) is 13.0. The van der Waals surface area contributed by atoms with Crippen molar-refractivity contribution in [1.29, 1.82) is 0 Å². The van der Waals surface area contributed by atoms with E-state index in [-0.39, 0.29) is 11.7 Å². The summed E-state index contributed by atoms with van der Waals surface area (Å²) in [6.45, 7) is 5.26. The largest absolute Gasteiger partial charge is 0.379 e. The topological polar surface area (TPSA) is 79.0 Å². The molecule has 27 heavy (non-hydrogen) atoms. The number of nitrogens with one attached hydrogen (secondary N) is 1. The fourth-order valence-electron chi connectivity index (χ4n) is 3.34. The Balaban J connectivity index is 1.58. The lowest BCUT2D eigenvalue weighted by atomic mass is 10.1. The van der Waals surface area contributed by atoms with Gasteiger partial charge in [-0.1, -0.05) is 11.6 Å². The molecule has 0 saturated carbocycles. The maximum atomic E-state index is 12.4. The van der Waals surface area contributed by atoms with Crippen LogP contribution < -0.4 is 9.62 Å². The van der Waals surface area contributed by atoms with Gasteiger partial charge in [0.1, 0.15) is 0 Å². The number of hydrogen-bond donors (Lipinski definition) is 1. The van der Waals surface area contributed by atoms with E-state index in [0.717, 1.165) is 45.7 Å². The second-order valence-electron chi connectivity index (χ2n) is 6.82. The molecule has 0 atom stereocenters. The van der Waals surface area contributed by atoms with Crippen LogP contribution in [-0.4, -0.2) is 70.9 Å². The molecular weight excluding hydrogens is 390 g/mol. The first-order valence-electron chi connectivity index (χ1n) is 9.36. The Hall–Kier alpha value is -1.35. The minimum absolute atomic E-state index is 0.112. The molecule has 9 heteroatoms. The number of hydrogen-bond acceptors (Lipinski definition) is 5. The van der Waals surface area contributed by atoms with Crippen LogP contribution in [0, 0.1) is 0 Å². The molecule has 1 amide bonds. The molecule has 2 aliphatic rings. The highest BCUT2D eigenvalue weighted by molar-refractivity contribution is 7.92. The molecule has 1 aromatic rings. The van der Waals surface area contributed by atoms with Crippen molar-refractivity contribution in [3.05, 3.63) is 28.8 Å². The molecule has 2 fully saturated rings. The average Bonchev–Trinajstić information content (AvgIpc) is 2.66. The fraction of sp³-hybridized carbons (Fsp3) is 0.611. The summed E-state index contributed by atoms with van der Waals surface area (Å²) in [6, 6.07) is 4.78. The monoisotopic (exact) mass is 415 g/mol. The molecule has 7 nitrogen and oxygen atoms in total. The van der Waals surface area contributed by atoms with Gasteiger partial charge < -0.3 is 10.1 Å². The number of amides is 1. The Labute approximate surface area is 165 Å². The van der Waals surface area contributed by atoms with Crippen molar-refractivity contribution in [3.8, 4) is 0 Å². The van der Waals surface area contributed by atoms with Gasteiger partial charge in [-0.15, -0.1) is 0 Å². The third-order valence-corrected chi connectivity index (χ3v) is 7.04. The fourth-order valence-corrected chi connectivity index (χ4v) is 5.25. The maximum Gasteiger partial charge on any atom is 0.251 e. The van der Waals surface area contributed by atoms with Crippen LogP contribution in [0.2, 0.25) is 5.02 Å². The van der Waals surface area contributed by atoms with Crippen molar-refractivity contribution in [3.63, 3.8) is 0 Å². The number of halogens is 1. The van der Waals surface area contributed by atoms with E-state index in [1.807, 2.05) is 0 Å². The van der Waals surface area contributed by atoms with Gasteiger partial charge in [0.2, 0.25) is 10.0 Å². The molecule has 0 spiro atoms. The van der Waals surface area contributed by atoms with Crippen LogP contribution >= 0.6 is 11.6 Å². The molecule has 0 aliphatic carbocycles. The standard InChI is InChI=1S/C18H26ClN3O4S/c19-16-5-4-15(14-17(16)22-8-1-2-13-27(22,24)25)18(23)20-6-3-7-21-9-11-26-12-10-21/h4-5,14H,1-3,6-13H2,(H,20,23). The van der Waals surface area contributed by atoms with Crippen LogP contribution in [0.25, 0.3) is 0 Å². The molecule has 1 N–H and O–H groups in total. The lowest BCUT2D eigenvalue weighted by Crippen LogP contribution is -2.38. The highest BCUT2D eigenvalue weighted by Gasteiger charge is 2.28. The Morgan fingerprint density at radius 3 is 2.70 bits per heavy atom. The molecule has 0 unspecified atom stereocenters. The van der Waals surface area contributed by atoms with Gasteiger partial charge in [0, 0.05) is 31.7 Å². The zero-order chi connectivity index (χ0) is 19.3. The lowest BCUT2D eigenvalue weighted by molar-refractivity contribution is 0.0374. The van der Waals surface area contributed by atoms with Gasteiger partial charge in [0.15, 0.2) is 0 Å². The van der Waals surface area contributed by atoms with E-state index in [1.165, 1.54) is 4.31 Å². The van der Waals surface area contributed by atoms with Crippen molar-refractivity contribution in [1.82, 2.24) is 10.2 Å². The molecule has 2 heterocycles. The van der Waals surface area contributed by atoms with Crippen molar-refractivity contribution >= 4 is 33.2 Å². The minimum Gasteiger partial charge on any atom is -0.379 e. The smallest absolute Gasteiger partial charge is 0.251 e. The van der Waals surface area contributed by atoms with Gasteiger partial charge in [-0.2, -0.15) is 0 Å². The number of ether oxygens (including phenoxy) is 1. The molecule has 3 rings (SSSR count). The summed E-state index contributed by atoms with van der Waals surface area (Å²) in [7, 11) is -3.37. The molecule has 0 aromatic heterocycles. The Bertz CT molecular complexity index is 766. The van der Waals surface area contributed by atoms with Crippen molar-refractivity contribution in [2.45, 2.75) is 19.3 Å². The van der Waals surface area contributed by atoms with Crippen molar-refractivity contribution in [2.75, 3.05) is 56.0 Å². The highest BCUT2D eigenvalue weighted by atomic mass is 35.5. The summed E-state index contributed by atoms with van der Waals surface area (Å²) in [5, 5.41) is 3.24. The number of anilines is 1. The Morgan fingerprint density at radius 1 is 1.19 bits per heavy atom. The first kappa shape index (κ1) is 20.4. The van der Waals surface area contributed by atoms with Crippen LogP contribution in [0.15, 0.2) is 18.2 Å². The maximum absolute atomic E-state index is 12.4. The summed E-state index contributed by atoms with van der Waals surface area (Å²) in [6.07, 6.45) is 2.29. The zero-order valence-electron chi connectivity index (χ0n) is 15.3. The predicted molar refractivity (Wildman–Crippen MR) is 106 cm³/mol. The summed E-state index contributed by atoms with van der Waals surface area (Å²) in [4.78, 5) is 14.8. The number of morpholine rings is 1. The highest BCUT2D eigenvalue weighted by Crippen LogP contribution is 2.31. The van der Waals surface area contributed by atoms with E-state index in [4.69, 9.17) is 16.3 Å². The van der Waals surface area contributed by atoms with Gasteiger partial charge in [-0.3, -0.25) is 14.0 Å². The summed E-state index contributed by atoms with van der Waals surface area (Å²) in [5.74, 6) is -0.106. The zero-order valence-corrected chi connectivity index (χ0v) is 16.9. The van der Waals surface area contributed by atoms with Gasteiger partial charge in [0.05, 0.1) is 29.7 Å². The molecule has 150 valence electrons. The van der Waals surface area contributed by atoms with Crippen LogP contribution in [0.4, 0.5) is 5.69 Å². The second-order valence-corrected chi connectivity index (χ2v) is 9.24. The summed E-state index contributed by atoms with van der Waals surface area (Å²) in [5.41, 5.74) is 0.805. The number of carbonyl (C=O) groups excluding carboxylic acids is 1. The van der Waals surface area contributed by atoms with Gasteiger partial charge in [-0.25, -0.2) is 8.42 Å². The molecule has 2 saturated heterocycles. The van der Waals surface area contributed by atoms with Crippen LogP contribution in [-0.2, 0) is 14.8 Å². The minimum atomic E-state index is -3.37. The van der Waals surface area contributed by atoms with Crippen molar-refractivity contribution < 1.29 is 17.9 Å². The Morgan fingerprint density at radius 2 is 1.96 bits per heavy atom. The second kappa shape index (κ2) is 9.23. The summed E-state index contributed by atoms with van der Waals surface area (Å²) < 4.78 is 31.3. The predicted octanol–water partition coefficient (Wildman–Crippen LogP) is 1.72. The molecule has 0 radical (unpaired) electrons. The van der Waals surface area contributed by atoms with Gasteiger partial charge >= 0.3 is 0 Å². The number of rotatable bonds is 6. The normalized spacial score (nSPS) is 20.4. The van der Waals surface area contributed by atoms with E-state index < -0.39 is 10.0 Å². The van der Waals surface area contributed by atoms with Crippen molar-refractivity contribution in [2.24, 2.45) is 0 Å². The SMILES string of the molecule is O=C(NCCCN1CCOCC1)c1ccc(Cl)c(N2CCCCS2(=O)=O)c1. The van der Waals surface area contributed by atoms with E-state index in [0.29, 0.717) is 35.8 Å². The lowest BCUT2D eigenvalue weighted by Gasteiger charge is -2.29. The van der Waals surface area contributed by atoms with Crippen LogP contribution in [0.1, 0.15) is 29.6 Å². The van der Waals surface area contributed by atoms with Crippen LogP contribution in [0.3, 0.4) is 0 Å². The van der Waals surface area contributed by atoms with E-state index in [2.05, 4.69) is 10.2 Å². The van der Waals surface area contributed by atoms with E-state index in [1.54, 1.807) is 18.2 Å². The quantitative estimate of drug-likeness (QED) is 0.716. The molecule has 1 aromatic carbocycles. The number of sulfonamides is 1.